The van der Waals surface area contributed by atoms with Gasteiger partial charge in [0.2, 0.25) is 5.91 Å². The normalized spacial score (nSPS) is 20.0. The molecule has 2 aromatic rings. The lowest BCUT2D eigenvalue weighted by Crippen LogP contribution is -2.27. The molecule has 1 saturated carbocycles. The fourth-order valence-electron chi connectivity index (χ4n) is 2.80. The lowest BCUT2D eigenvalue weighted by molar-refractivity contribution is -0.122. The molecule has 1 heterocycles. The molecule has 1 aromatic heterocycles. The molecule has 0 radical (unpaired) electrons. The van der Waals surface area contributed by atoms with Crippen molar-refractivity contribution in [3.63, 3.8) is 0 Å². The first-order valence-corrected chi connectivity index (χ1v) is 7.88. The van der Waals surface area contributed by atoms with Crippen molar-refractivity contribution in [1.82, 2.24) is 10.3 Å². The van der Waals surface area contributed by atoms with Gasteiger partial charge in [-0.05, 0) is 37.0 Å². The van der Waals surface area contributed by atoms with E-state index in [2.05, 4.69) is 10.3 Å². The van der Waals surface area contributed by atoms with Crippen molar-refractivity contribution < 1.29 is 9.21 Å². The molecule has 0 unspecified atom stereocenters. The molecule has 0 saturated heterocycles. The number of hydrogen-bond acceptors (Lipinski definition) is 3. The maximum atomic E-state index is 12.2. The van der Waals surface area contributed by atoms with Crippen LogP contribution in [0.25, 0.3) is 0 Å². The predicted octanol–water partition coefficient (Wildman–Crippen LogP) is 3.41. The van der Waals surface area contributed by atoms with E-state index in [9.17, 15) is 4.79 Å². The van der Waals surface area contributed by atoms with Crippen molar-refractivity contribution in [3.8, 4) is 0 Å². The zero-order valence-electron chi connectivity index (χ0n) is 12.7. The fraction of sp³-hybridized carbons (Fsp3) is 0.412. The molecule has 0 spiro atoms. The number of hydrogen-bond donors (Lipinski definition) is 1. The van der Waals surface area contributed by atoms with E-state index in [0.29, 0.717) is 24.8 Å². The van der Waals surface area contributed by atoms with Crippen LogP contribution in [0.2, 0.25) is 5.02 Å². The molecule has 0 bridgehead atoms. The smallest absolute Gasteiger partial charge is 0.223 e. The number of nitrogens with one attached hydrogen (secondary N) is 1. The molecule has 5 heteroatoms. The molecule has 1 aliphatic carbocycles. The molecule has 4 nitrogen and oxygen atoms in total. The van der Waals surface area contributed by atoms with Gasteiger partial charge in [0.25, 0.3) is 0 Å². The predicted molar refractivity (Wildman–Crippen MR) is 85.0 cm³/mol. The van der Waals surface area contributed by atoms with Crippen LogP contribution in [0.1, 0.15) is 35.2 Å². The van der Waals surface area contributed by atoms with Gasteiger partial charge < -0.3 is 9.73 Å². The molecule has 0 aliphatic heterocycles. The Kier molecular flexibility index (Phi) is 4.21. The van der Waals surface area contributed by atoms with Gasteiger partial charge in [-0.3, -0.25) is 4.79 Å². The molecule has 1 aromatic carbocycles. The van der Waals surface area contributed by atoms with Gasteiger partial charge in [-0.25, -0.2) is 4.98 Å². The third-order valence-electron chi connectivity index (χ3n) is 4.09. The van der Waals surface area contributed by atoms with Gasteiger partial charge in [0.1, 0.15) is 5.76 Å². The van der Waals surface area contributed by atoms with Crippen LogP contribution < -0.4 is 5.32 Å². The maximum absolute atomic E-state index is 12.2. The average Bonchev–Trinajstić information content (AvgIpc) is 3.21. The number of oxazole rings is 1. The molecule has 116 valence electrons. The summed E-state index contributed by atoms with van der Waals surface area (Å²) in [5, 5.41) is 3.72. The zero-order valence-corrected chi connectivity index (χ0v) is 13.5. The van der Waals surface area contributed by atoms with Crippen molar-refractivity contribution in [2.24, 2.45) is 5.92 Å². The Bertz CT molecular complexity index is 678. The Morgan fingerprint density at radius 1 is 1.36 bits per heavy atom. The Hall–Kier alpha value is -1.81. The molecule has 1 N–H and O–H groups in total. The zero-order chi connectivity index (χ0) is 15.7. The Morgan fingerprint density at radius 3 is 2.73 bits per heavy atom. The standard InChI is InChI=1S/C17H19ClN2O2/c1-10-16(20-11(2)22-10)7-8-19-17(21)15-9-14(15)12-3-5-13(18)6-4-12/h3-6,14-15H,7-9H2,1-2H3,(H,19,21)/t14-,15-/m0/s1. The molecule has 2 atom stereocenters. The van der Waals surface area contributed by atoms with Crippen molar-refractivity contribution in [3.05, 3.63) is 52.2 Å². The van der Waals surface area contributed by atoms with E-state index in [1.54, 1.807) is 0 Å². The number of halogens is 1. The number of nitrogens with zero attached hydrogens (tertiary/aromatic N) is 1. The van der Waals surface area contributed by atoms with Gasteiger partial charge in [0.15, 0.2) is 5.89 Å². The highest BCUT2D eigenvalue weighted by molar-refractivity contribution is 6.30. The van der Waals surface area contributed by atoms with Crippen LogP contribution in [0.4, 0.5) is 0 Å². The minimum atomic E-state index is 0.0846. The highest BCUT2D eigenvalue weighted by atomic mass is 35.5. The second kappa shape index (κ2) is 6.13. The second-order valence-corrected chi connectivity index (χ2v) is 6.21. The third-order valence-corrected chi connectivity index (χ3v) is 4.34. The van der Waals surface area contributed by atoms with Gasteiger partial charge in [0, 0.05) is 30.8 Å². The highest BCUT2D eigenvalue weighted by Crippen LogP contribution is 2.47. The van der Waals surface area contributed by atoms with Crippen LogP contribution in [0, 0.1) is 19.8 Å². The first-order chi connectivity index (χ1) is 10.5. The Morgan fingerprint density at radius 2 is 2.09 bits per heavy atom. The first kappa shape index (κ1) is 15.1. The summed E-state index contributed by atoms with van der Waals surface area (Å²) in [5.41, 5.74) is 2.11. The topological polar surface area (TPSA) is 55.1 Å². The number of benzene rings is 1. The molecule has 1 aliphatic rings. The van der Waals surface area contributed by atoms with Gasteiger partial charge in [-0.2, -0.15) is 0 Å². The van der Waals surface area contributed by atoms with E-state index in [1.165, 1.54) is 5.56 Å². The number of rotatable bonds is 5. The minimum absolute atomic E-state index is 0.0846. The summed E-state index contributed by atoms with van der Waals surface area (Å²) in [6.07, 6.45) is 1.61. The van der Waals surface area contributed by atoms with Gasteiger partial charge in [-0.1, -0.05) is 23.7 Å². The lowest BCUT2D eigenvalue weighted by Gasteiger charge is -2.04. The summed E-state index contributed by atoms with van der Waals surface area (Å²) in [6.45, 7) is 4.32. The van der Waals surface area contributed by atoms with Gasteiger partial charge >= 0.3 is 0 Å². The molecular weight excluding hydrogens is 300 g/mol. The average molecular weight is 319 g/mol. The summed E-state index contributed by atoms with van der Waals surface area (Å²) in [4.78, 5) is 16.5. The van der Waals surface area contributed by atoms with E-state index in [1.807, 2.05) is 38.1 Å². The number of carbonyl (C=O) groups excluding carboxylic acids is 1. The number of aryl methyl sites for hydroxylation is 2. The summed E-state index contributed by atoms with van der Waals surface area (Å²) in [5.74, 6) is 2.04. The van der Waals surface area contributed by atoms with E-state index in [-0.39, 0.29) is 11.8 Å². The number of aromatic nitrogens is 1. The minimum Gasteiger partial charge on any atom is -0.446 e. The molecule has 1 fully saturated rings. The summed E-state index contributed by atoms with van der Waals surface area (Å²) in [7, 11) is 0. The summed E-state index contributed by atoms with van der Waals surface area (Å²) in [6, 6.07) is 7.75. The van der Waals surface area contributed by atoms with Crippen molar-refractivity contribution in [2.45, 2.75) is 32.6 Å². The molecular formula is C17H19ClN2O2. The molecule has 22 heavy (non-hydrogen) atoms. The van der Waals surface area contributed by atoms with Crippen LogP contribution in [-0.4, -0.2) is 17.4 Å². The third kappa shape index (κ3) is 3.33. The van der Waals surface area contributed by atoms with Crippen molar-refractivity contribution in [2.75, 3.05) is 6.54 Å². The van der Waals surface area contributed by atoms with E-state index in [4.69, 9.17) is 16.0 Å². The first-order valence-electron chi connectivity index (χ1n) is 7.50. The molecule has 1 amide bonds. The highest BCUT2D eigenvalue weighted by Gasteiger charge is 2.43. The fourth-order valence-corrected chi connectivity index (χ4v) is 2.93. The van der Waals surface area contributed by atoms with E-state index >= 15 is 0 Å². The lowest BCUT2D eigenvalue weighted by atomic mass is 10.1. The number of amides is 1. The maximum Gasteiger partial charge on any atom is 0.223 e. The van der Waals surface area contributed by atoms with Crippen LogP contribution in [0.5, 0.6) is 0 Å². The summed E-state index contributed by atoms with van der Waals surface area (Å²) < 4.78 is 5.38. The summed E-state index contributed by atoms with van der Waals surface area (Å²) >= 11 is 5.88. The van der Waals surface area contributed by atoms with Crippen molar-refractivity contribution in [1.29, 1.82) is 0 Å². The Labute approximate surface area is 134 Å². The van der Waals surface area contributed by atoms with E-state index in [0.717, 1.165) is 22.9 Å². The monoisotopic (exact) mass is 318 g/mol. The molecule has 3 rings (SSSR count). The van der Waals surface area contributed by atoms with Crippen LogP contribution >= 0.6 is 11.6 Å². The van der Waals surface area contributed by atoms with Gasteiger partial charge in [-0.15, -0.1) is 0 Å². The van der Waals surface area contributed by atoms with Crippen LogP contribution in [0.3, 0.4) is 0 Å². The second-order valence-electron chi connectivity index (χ2n) is 5.78. The Balaban J connectivity index is 1.47. The van der Waals surface area contributed by atoms with Crippen LogP contribution in [0.15, 0.2) is 28.7 Å². The van der Waals surface area contributed by atoms with Crippen LogP contribution in [-0.2, 0) is 11.2 Å². The SMILES string of the molecule is Cc1nc(CCNC(=O)[C@H]2C[C@H]2c2ccc(Cl)cc2)c(C)o1. The quantitative estimate of drug-likeness (QED) is 0.919. The number of carbonyl (C=O) groups is 1. The van der Waals surface area contributed by atoms with Crippen molar-refractivity contribution >= 4 is 17.5 Å². The van der Waals surface area contributed by atoms with Gasteiger partial charge in [0.05, 0.1) is 5.69 Å². The van der Waals surface area contributed by atoms with E-state index < -0.39 is 0 Å². The largest absolute Gasteiger partial charge is 0.446 e.